The standard InChI is InChI=1S/C19H17N3O2S2/c1-11(23)21-15-7-6-12(9-17(15)25-2)16-10-26-19(22-16)14-5-3-4-13(8-14)18(20)24/h3-10H,1-2H3,(H2,20,24)(H,21,23). The van der Waals surface area contributed by atoms with E-state index in [4.69, 9.17) is 5.73 Å². The average molecular weight is 383 g/mol. The van der Waals surface area contributed by atoms with Crippen LogP contribution >= 0.6 is 23.1 Å². The van der Waals surface area contributed by atoms with Crippen LogP contribution in [-0.2, 0) is 4.79 Å². The molecular formula is C19H17N3O2S2. The highest BCUT2D eigenvalue weighted by molar-refractivity contribution is 7.98. The van der Waals surface area contributed by atoms with Crippen LogP contribution in [0.3, 0.4) is 0 Å². The SMILES string of the molecule is CSc1cc(-c2csc(-c3cccc(C(N)=O)c3)n2)ccc1NC(C)=O. The fourth-order valence-electron chi connectivity index (χ4n) is 2.49. The zero-order valence-electron chi connectivity index (χ0n) is 14.3. The number of nitrogens with one attached hydrogen (secondary N) is 1. The number of nitrogens with two attached hydrogens (primary N) is 1. The Labute approximate surface area is 159 Å². The minimum atomic E-state index is -0.457. The summed E-state index contributed by atoms with van der Waals surface area (Å²) in [4.78, 5) is 28.3. The highest BCUT2D eigenvalue weighted by Gasteiger charge is 2.11. The quantitative estimate of drug-likeness (QED) is 0.645. The van der Waals surface area contributed by atoms with E-state index in [-0.39, 0.29) is 5.91 Å². The third kappa shape index (κ3) is 3.95. The predicted octanol–water partition coefficient (Wildman–Crippen LogP) is 4.26. The second-order valence-corrected chi connectivity index (χ2v) is 7.29. The predicted molar refractivity (Wildman–Crippen MR) is 108 cm³/mol. The highest BCUT2D eigenvalue weighted by atomic mass is 32.2. The molecular weight excluding hydrogens is 366 g/mol. The average Bonchev–Trinajstić information content (AvgIpc) is 3.12. The number of amides is 2. The Morgan fingerprint density at radius 1 is 1.15 bits per heavy atom. The first-order chi connectivity index (χ1) is 12.5. The van der Waals surface area contributed by atoms with Gasteiger partial charge in [-0.3, -0.25) is 9.59 Å². The number of rotatable bonds is 5. The first-order valence-corrected chi connectivity index (χ1v) is 9.90. The van der Waals surface area contributed by atoms with Crippen LogP contribution in [0.5, 0.6) is 0 Å². The Balaban J connectivity index is 1.94. The maximum absolute atomic E-state index is 11.4. The van der Waals surface area contributed by atoms with Gasteiger partial charge in [-0.1, -0.05) is 18.2 Å². The number of carbonyl (C=O) groups is 2. The summed E-state index contributed by atoms with van der Waals surface area (Å²) >= 11 is 3.07. The van der Waals surface area contributed by atoms with Crippen molar-refractivity contribution in [2.24, 2.45) is 5.73 Å². The minimum absolute atomic E-state index is 0.0988. The number of benzene rings is 2. The summed E-state index contributed by atoms with van der Waals surface area (Å²) in [5, 5.41) is 5.62. The molecule has 2 aromatic carbocycles. The van der Waals surface area contributed by atoms with Gasteiger partial charge in [-0.25, -0.2) is 4.98 Å². The molecule has 26 heavy (non-hydrogen) atoms. The molecule has 0 spiro atoms. The molecule has 3 rings (SSSR count). The molecule has 1 aromatic heterocycles. The highest BCUT2D eigenvalue weighted by Crippen LogP contribution is 2.33. The van der Waals surface area contributed by atoms with E-state index in [2.05, 4.69) is 10.3 Å². The Hall–Kier alpha value is -2.64. The molecule has 0 atom stereocenters. The molecule has 0 fully saturated rings. The van der Waals surface area contributed by atoms with Gasteiger partial charge in [-0.05, 0) is 30.5 Å². The maximum Gasteiger partial charge on any atom is 0.248 e. The number of hydrogen-bond acceptors (Lipinski definition) is 5. The van der Waals surface area contributed by atoms with Crippen molar-refractivity contribution in [1.82, 2.24) is 4.98 Å². The van der Waals surface area contributed by atoms with Crippen LogP contribution in [-0.4, -0.2) is 23.1 Å². The molecule has 0 unspecified atom stereocenters. The van der Waals surface area contributed by atoms with Gasteiger partial charge in [0.25, 0.3) is 0 Å². The zero-order valence-corrected chi connectivity index (χ0v) is 15.9. The molecule has 5 nitrogen and oxygen atoms in total. The molecule has 2 amide bonds. The maximum atomic E-state index is 11.4. The summed E-state index contributed by atoms with van der Waals surface area (Å²) in [6, 6.07) is 13.0. The lowest BCUT2D eigenvalue weighted by Crippen LogP contribution is -2.10. The summed E-state index contributed by atoms with van der Waals surface area (Å²) < 4.78 is 0. The Morgan fingerprint density at radius 3 is 2.65 bits per heavy atom. The number of thiazole rings is 1. The van der Waals surface area contributed by atoms with Gasteiger partial charge in [0.1, 0.15) is 5.01 Å². The molecule has 1 heterocycles. The lowest BCUT2D eigenvalue weighted by molar-refractivity contribution is -0.114. The number of carbonyl (C=O) groups excluding carboxylic acids is 2. The molecule has 3 N–H and O–H groups in total. The van der Waals surface area contributed by atoms with E-state index in [1.165, 1.54) is 18.3 Å². The van der Waals surface area contributed by atoms with E-state index in [0.29, 0.717) is 5.56 Å². The van der Waals surface area contributed by atoms with E-state index in [9.17, 15) is 9.59 Å². The number of anilines is 1. The van der Waals surface area contributed by atoms with E-state index < -0.39 is 5.91 Å². The van der Waals surface area contributed by atoms with Gasteiger partial charge < -0.3 is 11.1 Å². The third-order valence-electron chi connectivity index (χ3n) is 3.71. The monoisotopic (exact) mass is 383 g/mol. The van der Waals surface area contributed by atoms with E-state index in [0.717, 1.165) is 32.4 Å². The molecule has 0 saturated heterocycles. The van der Waals surface area contributed by atoms with E-state index in [1.54, 1.807) is 30.0 Å². The molecule has 0 aliphatic carbocycles. The van der Waals surface area contributed by atoms with Gasteiger partial charge in [0.05, 0.1) is 11.4 Å². The number of thioether (sulfide) groups is 1. The molecule has 0 bridgehead atoms. The van der Waals surface area contributed by atoms with Crippen molar-refractivity contribution >= 4 is 40.6 Å². The van der Waals surface area contributed by atoms with Crippen molar-refractivity contribution in [3.8, 4) is 21.8 Å². The first-order valence-electron chi connectivity index (χ1n) is 7.79. The van der Waals surface area contributed by atoms with Crippen molar-refractivity contribution in [1.29, 1.82) is 0 Å². The minimum Gasteiger partial charge on any atom is -0.366 e. The van der Waals surface area contributed by atoms with E-state index in [1.807, 2.05) is 35.9 Å². The summed E-state index contributed by atoms with van der Waals surface area (Å²) in [5.74, 6) is -0.555. The van der Waals surface area contributed by atoms with Crippen LogP contribution in [0.4, 0.5) is 5.69 Å². The van der Waals surface area contributed by atoms with Crippen molar-refractivity contribution in [3.05, 3.63) is 53.4 Å². The lowest BCUT2D eigenvalue weighted by Gasteiger charge is -2.09. The van der Waals surface area contributed by atoms with Gasteiger partial charge in [0, 0.05) is 33.9 Å². The molecule has 0 aliphatic heterocycles. The second kappa shape index (κ2) is 7.72. The largest absolute Gasteiger partial charge is 0.366 e. The van der Waals surface area contributed by atoms with Gasteiger partial charge in [-0.15, -0.1) is 23.1 Å². The van der Waals surface area contributed by atoms with Crippen LogP contribution in [0.1, 0.15) is 17.3 Å². The smallest absolute Gasteiger partial charge is 0.248 e. The molecule has 0 radical (unpaired) electrons. The number of primary amides is 1. The molecule has 0 saturated carbocycles. The van der Waals surface area contributed by atoms with Crippen molar-refractivity contribution in [2.75, 3.05) is 11.6 Å². The Bertz CT molecular complexity index is 982. The summed E-state index contributed by atoms with van der Waals surface area (Å²) in [6.07, 6.45) is 1.96. The zero-order chi connectivity index (χ0) is 18.7. The molecule has 132 valence electrons. The molecule has 7 heteroatoms. The van der Waals surface area contributed by atoms with Crippen molar-refractivity contribution in [2.45, 2.75) is 11.8 Å². The molecule has 0 aliphatic rings. The fourth-order valence-corrected chi connectivity index (χ4v) is 3.90. The summed E-state index contributed by atoms with van der Waals surface area (Å²) in [5.41, 5.74) is 9.28. The summed E-state index contributed by atoms with van der Waals surface area (Å²) in [6.45, 7) is 1.49. The van der Waals surface area contributed by atoms with Crippen LogP contribution in [0.15, 0.2) is 52.7 Å². The van der Waals surface area contributed by atoms with Crippen molar-refractivity contribution < 1.29 is 9.59 Å². The number of nitrogens with zero attached hydrogens (tertiary/aromatic N) is 1. The number of aromatic nitrogens is 1. The number of hydrogen-bond donors (Lipinski definition) is 2. The van der Waals surface area contributed by atoms with Gasteiger partial charge in [0.15, 0.2) is 0 Å². The van der Waals surface area contributed by atoms with Crippen LogP contribution in [0.2, 0.25) is 0 Å². The van der Waals surface area contributed by atoms with Gasteiger partial charge in [0.2, 0.25) is 11.8 Å². The second-order valence-electron chi connectivity index (χ2n) is 5.58. The van der Waals surface area contributed by atoms with Crippen LogP contribution in [0.25, 0.3) is 21.8 Å². The first kappa shape index (κ1) is 18.2. The van der Waals surface area contributed by atoms with E-state index >= 15 is 0 Å². The van der Waals surface area contributed by atoms with Gasteiger partial charge >= 0.3 is 0 Å². The fraction of sp³-hybridized carbons (Fsp3) is 0.105. The third-order valence-corrected chi connectivity index (χ3v) is 5.38. The Kier molecular flexibility index (Phi) is 5.39. The Morgan fingerprint density at radius 2 is 1.96 bits per heavy atom. The van der Waals surface area contributed by atoms with Crippen molar-refractivity contribution in [3.63, 3.8) is 0 Å². The van der Waals surface area contributed by atoms with Crippen LogP contribution in [0, 0.1) is 0 Å². The topological polar surface area (TPSA) is 85.1 Å². The van der Waals surface area contributed by atoms with Crippen LogP contribution < -0.4 is 11.1 Å². The van der Waals surface area contributed by atoms with Gasteiger partial charge in [-0.2, -0.15) is 0 Å². The summed E-state index contributed by atoms with van der Waals surface area (Å²) in [7, 11) is 0. The molecule has 3 aromatic rings. The normalized spacial score (nSPS) is 10.5. The lowest BCUT2D eigenvalue weighted by atomic mass is 10.1.